The number of hydrogen-bond donors (Lipinski definition) is 1. The molecular weight excluding hydrogens is 262 g/mol. The quantitative estimate of drug-likeness (QED) is 0.831. The Labute approximate surface area is 128 Å². The molecule has 5 heteroatoms. The predicted octanol–water partition coefficient (Wildman–Crippen LogP) is 1.90. The molecule has 1 N–H and O–H groups in total. The van der Waals surface area contributed by atoms with Crippen LogP contribution in [0.15, 0.2) is 12.1 Å². The zero-order chi connectivity index (χ0) is 15.2. The van der Waals surface area contributed by atoms with Gasteiger partial charge in [0.15, 0.2) is 5.82 Å². The normalized spacial score (nSPS) is 19.0. The van der Waals surface area contributed by atoms with Crippen molar-refractivity contribution in [2.45, 2.75) is 52.7 Å². The van der Waals surface area contributed by atoms with Gasteiger partial charge >= 0.3 is 0 Å². The van der Waals surface area contributed by atoms with Crippen LogP contribution >= 0.6 is 0 Å². The lowest BCUT2D eigenvalue weighted by Crippen LogP contribution is -2.37. The molecule has 118 valence electrons. The van der Waals surface area contributed by atoms with Crippen LogP contribution in [0.5, 0.6) is 0 Å². The van der Waals surface area contributed by atoms with E-state index >= 15 is 0 Å². The Morgan fingerprint density at radius 2 is 2.05 bits per heavy atom. The van der Waals surface area contributed by atoms with Gasteiger partial charge in [0.2, 0.25) is 0 Å². The number of anilines is 1. The molecule has 5 nitrogen and oxygen atoms in total. The smallest absolute Gasteiger partial charge is 0.151 e. The molecule has 0 aliphatic carbocycles. The zero-order valence-electron chi connectivity index (χ0n) is 13.8. The van der Waals surface area contributed by atoms with E-state index in [2.05, 4.69) is 65.1 Å². The molecular formula is C16H29N5. The molecule has 21 heavy (non-hydrogen) atoms. The average Bonchev–Trinajstić information content (AvgIpc) is 2.97. The number of likely N-dealkylation sites (N-methyl/N-ethyl adjacent to an activating group) is 1. The molecule has 0 amide bonds. The van der Waals surface area contributed by atoms with Crippen LogP contribution in [-0.4, -0.2) is 53.4 Å². The Hall–Kier alpha value is -1.20. The van der Waals surface area contributed by atoms with Crippen molar-refractivity contribution in [2.75, 3.05) is 31.1 Å². The summed E-state index contributed by atoms with van der Waals surface area (Å²) in [6.45, 7) is 13.9. The van der Waals surface area contributed by atoms with Crippen molar-refractivity contribution in [3.63, 3.8) is 0 Å². The largest absolute Gasteiger partial charge is 0.354 e. The second kappa shape index (κ2) is 7.71. The molecule has 0 radical (unpaired) electrons. The van der Waals surface area contributed by atoms with Crippen LogP contribution in [-0.2, 0) is 6.54 Å². The summed E-state index contributed by atoms with van der Waals surface area (Å²) >= 11 is 0. The Bertz CT molecular complexity index is 413. The lowest BCUT2D eigenvalue weighted by molar-refractivity contribution is 0.232. The molecule has 1 aliphatic heterocycles. The highest BCUT2D eigenvalue weighted by molar-refractivity contribution is 5.39. The van der Waals surface area contributed by atoms with Gasteiger partial charge in [-0.25, -0.2) is 0 Å². The van der Waals surface area contributed by atoms with Crippen molar-refractivity contribution in [2.24, 2.45) is 0 Å². The van der Waals surface area contributed by atoms with Gasteiger partial charge in [0.1, 0.15) is 0 Å². The van der Waals surface area contributed by atoms with E-state index in [4.69, 9.17) is 0 Å². The van der Waals surface area contributed by atoms with Crippen molar-refractivity contribution in [3.8, 4) is 0 Å². The van der Waals surface area contributed by atoms with Crippen molar-refractivity contribution in [3.05, 3.63) is 17.8 Å². The maximum Gasteiger partial charge on any atom is 0.151 e. The lowest BCUT2D eigenvalue weighted by atomic mass is 10.2. The Morgan fingerprint density at radius 1 is 1.29 bits per heavy atom. The Morgan fingerprint density at radius 3 is 2.62 bits per heavy atom. The maximum absolute atomic E-state index is 4.40. The fourth-order valence-corrected chi connectivity index (χ4v) is 2.91. The van der Waals surface area contributed by atoms with Crippen LogP contribution in [0.2, 0.25) is 0 Å². The third-order valence-electron chi connectivity index (χ3n) is 4.21. The molecule has 2 rings (SSSR count). The third-order valence-corrected chi connectivity index (χ3v) is 4.21. The standard InChI is InChI=1S/C16H29N5/c1-5-20(6-2)15-9-10-21(12-15)16-8-7-14(18-19-16)11-17-13(3)4/h7-8,13,15,17H,5-6,9-12H2,1-4H3. The molecule has 0 spiro atoms. The van der Waals surface area contributed by atoms with E-state index < -0.39 is 0 Å². The first kappa shape index (κ1) is 16.2. The second-order valence-corrected chi connectivity index (χ2v) is 6.03. The fourth-order valence-electron chi connectivity index (χ4n) is 2.91. The summed E-state index contributed by atoms with van der Waals surface area (Å²) in [4.78, 5) is 4.89. The van der Waals surface area contributed by atoms with Gasteiger partial charge in [0, 0.05) is 31.7 Å². The number of hydrogen-bond acceptors (Lipinski definition) is 5. The number of nitrogens with zero attached hydrogens (tertiary/aromatic N) is 4. The summed E-state index contributed by atoms with van der Waals surface area (Å²) in [5.74, 6) is 1.01. The molecule has 0 aromatic carbocycles. The molecule has 1 aromatic rings. The topological polar surface area (TPSA) is 44.3 Å². The second-order valence-electron chi connectivity index (χ2n) is 6.03. The minimum absolute atomic E-state index is 0.472. The first-order chi connectivity index (χ1) is 10.1. The van der Waals surface area contributed by atoms with E-state index in [1.165, 1.54) is 6.42 Å². The molecule has 1 atom stereocenters. The number of aromatic nitrogens is 2. The molecule has 0 saturated carbocycles. The SMILES string of the molecule is CCN(CC)C1CCN(c2ccc(CNC(C)C)nn2)C1. The van der Waals surface area contributed by atoms with E-state index in [0.29, 0.717) is 12.1 Å². The Balaban J connectivity index is 1.91. The van der Waals surface area contributed by atoms with Crippen molar-refractivity contribution < 1.29 is 0 Å². The Kier molecular flexibility index (Phi) is 5.94. The van der Waals surface area contributed by atoms with Crippen molar-refractivity contribution in [1.29, 1.82) is 0 Å². The summed E-state index contributed by atoms with van der Waals surface area (Å²) in [6.07, 6.45) is 1.22. The zero-order valence-corrected chi connectivity index (χ0v) is 13.8. The molecule has 0 bridgehead atoms. The molecule has 1 aliphatic rings. The van der Waals surface area contributed by atoms with Crippen LogP contribution in [0.3, 0.4) is 0 Å². The van der Waals surface area contributed by atoms with Crippen LogP contribution in [0.1, 0.15) is 39.8 Å². The first-order valence-corrected chi connectivity index (χ1v) is 8.19. The van der Waals surface area contributed by atoms with Crippen LogP contribution in [0.4, 0.5) is 5.82 Å². The van der Waals surface area contributed by atoms with Crippen LogP contribution < -0.4 is 10.2 Å². The first-order valence-electron chi connectivity index (χ1n) is 8.19. The van der Waals surface area contributed by atoms with Gasteiger partial charge in [-0.2, -0.15) is 5.10 Å². The van der Waals surface area contributed by atoms with Gasteiger partial charge < -0.3 is 10.2 Å². The highest BCUT2D eigenvalue weighted by atomic mass is 15.3. The summed E-state index contributed by atoms with van der Waals surface area (Å²) in [5.41, 5.74) is 1.01. The van der Waals surface area contributed by atoms with Crippen molar-refractivity contribution in [1.82, 2.24) is 20.4 Å². The van der Waals surface area contributed by atoms with Crippen LogP contribution in [0, 0.1) is 0 Å². The van der Waals surface area contributed by atoms with Gasteiger partial charge in [-0.1, -0.05) is 27.7 Å². The van der Waals surface area contributed by atoms with Crippen LogP contribution in [0.25, 0.3) is 0 Å². The minimum Gasteiger partial charge on any atom is -0.354 e. The van der Waals surface area contributed by atoms with Gasteiger partial charge in [0.05, 0.1) is 5.69 Å². The lowest BCUT2D eigenvalue weighted by Gasteiger charge is -2.26. The van der Waals surface area contributed by atoms with Crippen molar-refractivity contribution >= 4 is 5.82 Å². The van der Waals surface area contributed by atoms with E-state index in [9.17, 15) is 0 Å². The molecule has 2 heterocycles. The van der Waals surface area contributed by atoms with E-state index in [1.807, 2.05) is 0 Å². The molecule has 1 fully saturated rings. The van der Waals surface area contributed by atoms with Gasteiger partial charge in [-0.05, 0) is 31.6 Å². The predicted molar refractivity (Wildman–Crippen MR) is 87.5 cm³/mol. The monoisotopic (exact) mass is 291 g/mol. The third kappa shape index (κ3) is 4.38. The summed E-state index contributed by atoms with van der Waals surface area (Å²) in [7, 11) is 0. The highest BCUT2D eigenvalue weighted by Gasteiger charge is 2.26. The molecule has 1 saturated heterocycles. The summed E-state index contributed by atoms with van der Waals surface area (Å²) in [5, 5.41) is 12.1. The summed E-state index contributed by atoms with van der Waals surface area (Å²) in [6, 6.07) is 5.32. The molecule has 1 unspecified atom stereocenters. The van der Waals surface area contributed by atoms with E-state index in [-0.39, 0.29) is 0 Å². The van der Waals surface area contributed by atoms with E-state index in [0.717, 1.165) is 44.2 Å². The summed E-state index contributed by atoms with van der Waals surface area (Å²) < 4.78 is 0. The number of nitrogens with one attached hydrogen (secondary N) is 1. The van der Waals surface area contributed by atoms with E-state index in [1.54, 1.807) is 0 Å². The number of rotatable bonds is 7. The highest BCUT2D eigenvalue weighted by Crippen LogP contribution is 2.20. The maximum atomic E-state index is 4.40. The fraction of sp³-hybridized carbons (Fsp3) is 0.750. The molecule has 1 aromatic heterocycles. The van der Waals surface area contributed by atoms with Gasteiger partial charge in [0.25, 0.3) is 0 Å². The minimum atomic E-state index is 0.472. The van der Waals surface area contributed by atoms with Gasteiger partial charge in [-0.3, -0.25) is 4.90 Å². The average molecular weight is 291 g/mol. The van der Waals surface area contributed by atoms with Gasteiger partial charge in [-0.15, -0.1) is 5.10 Å².